The van der Waals surface area contributed by atoms with Gasteiger partial charge in [-0.2, -0.15) is 0 Å². The summed E-state index contributed by atoms with van der Waals surface area (Å²) >= 11 is 0. The third-order valence-electron chi connectivity index (χ3n) is 6.44. The molecule has 0 N–H and O–H groups in total. The Kier molecular flexibility index (Phi) is 8.59. The zero-order valence-corrected chi connectivity index (χ0v) is 18.8. The molecule has 2 aliphatic rings. The number of ether oxygens (including phenoxy) is 1. The second-order valence-corrected chi connectivity index (χ2v) is 8.65. The first-order valence-electron chi connectivity index (χ1n) is 12.0. The van der Waals surface area contributed by atoms with Crippen molar-refractivity contribution in [2.45, 2.75) is 90.2 Å². The number of rotatable bonds is 3. The highest BCUT2D eigenvalue weighted by Gasteiger charge is 2.34. The summed E-state index contributed by atoms with van der Waals surface area (Å²) in [4.78, 5) is 30.2. The van der Waals surface area contributed by atoms with Crippen molar-refractivity contribution in [3.8, 4) is 5.75 Å². The molecule has 5 nitrogen and oxygen atoms in total. The fraction of sp³-hybridized carbons (Fsp3) is 0.680. The third kappa shape index (κ3) is 5.55. The van der Waals surface area contributed by atoms with Crippen LogP contribution in [0.3, 0.4) is 0 Å². The maximum absolute atomic E-state index is 13.4. The Morgan fingerprint density at radius 1 is 1.00 bits per heavy atom. The minimum Gasteiger partial charge on any atom is -0.487 e. The molecule has 166 valence electrons. The first kappa shape index (κ1) is 22.6. The Hall–Kier alpha value is -2.04. The standard InChI is InChI=1S/C25H38N2O3/c1-3-17-26-18-11-5-6-12-19-27(24(28)4-2)21-14-8-10-16-23(21)30-22-15-9-7-13-20(22)25(26)29/h7,9,13,15,21,23H,3-6,8,10-12,14,16-19H2,1-2H3/t21-,23+/m1/s1. The molecule has 0 unspecified atom stereocenters. The highest BCUT2D eigenvalue weighted by Crippen LogP contribution is 2.31. The highest BCUT2D eigenvalue weighted by atomic mass is 16.5. The molecule has 1 saturated carbocycles. The van der Waals surface area contributed by atoms with Crippen LogP contribution < -0.4 is 4.74 Å². The molecule has 30 heavy (non-hydrogen) atoms. The summed E-state index contributed by atoms with van der Waals surface area (Å²) in [6, 6.07) is 7.76. The zero-order valence-electron chi connectivity index (χ0n) is 18.8. The normalized spacial score (nSPS) is 23.7. The van der Waals surface area contributed by atoms with E-state index < -0.39 is 0 Å². The van der Waals surface area contributed by atoms with Gasteiger partial charge in [-0.1, -0.05) is 45.2 Å². The quantitative estimate of drug-likeness (QED) is 0.696. The number of fused-ring (bicyclic) bond motifs is 2. The van der Waals surface area contributed by atoms with Crippen molar-refractivity contribution >= 4 is 11.8 Å². The Bertz CT molecular complexity index is 705. The molecular formula is C25H38N2O3. The first-order chi connectivity index (χ1) is 14.7. The maximum atomic E-state index is 13.4. The van der Waals surface area contributed by atoms with Gasteiger partial charge in [-0.15, -0.1) is 0 Å². The molecular weight excluding hydrogens is 376 g/mol. The van der Waals surface area contributed by atoms with Gasteiger partial charge >= 0.3 is 0 Å². The highest BCUT2D eigenvalue weighted by molar-refractivity contribution is 5.97. The van der Waals surface area contributed by atoms with Gasteiger partial charge in [0.05, 0.1) is 11.6 Å². The minimum atomic E-state index is -0.0502. The molecule has 1 aromatic carbocycles. The zero-order chi connectivity index (χ0) is 21.3. The smallest absolute Gasteiger partial charge is 0.257 e. The minimum absolute atomic E-state index is 0.0502. The van der Waals surface area contributed by atoms with E-state index >= 15 is 0 Å². The average Bonchev–Trinajstić information content (AvgIpc) is 2.77. The summed E-state index contributed by atoms with van der Waals surface area (Å²) in [6.45, 7) is 6.44. The van der Waals surface area contributed by atoms with Gasteiger partial charge in [0.2, 0.25) is 5.91 Å². The van der Waals surface area contributed by atoms with Gasteiger partial charge in [0.25, 0.3) is 5.91 Å². The van der Waals surface area contributed by atoms with Crippen LogP contribution in [0.4, 0.5) is 0 Å². The number of benzene rings is 1. The van der Waals surface area contributed by atoms with Crippen LogP contribution in [0.2, 0.25) is 0 Å². The van der Waals surface area contributed by atoms with E-state index in [1.165, 1.54) is 0 Å². The number of hydrogen-bond donors (Lipinski definition) is 0. The summed E-state index contributed by atoms with van der Waals surface area (Å²) in [7, 11) is 0. The number of nitrogens with zero attached hydrogens (tertiary/aromatic N) is 2. The summed E-state index contributed by atoms with van der Waals surface area (Å²) in [5.74, 6) is 0.959. The summed E-state index contributed by atoms with van der Waals surface area (Å²) in [5.41, 5.74) is 0.653. The number of amides is 2. The molecule has 2 amide bonds. The topological polar surface area (TPSA) is 49.9 Å². The van der Waals surface area contributed by atoms with Crippen molar-refractivity contribution in [2.24, 2.45) is 0 Å². The van der Waals surface area contributed by atoms with Crippen molar-refractivity contribution in [1.29, 1.82) is 0 Å². The van der Waals surface area contributed by atoms with Crippen LogP contribution >= 0.6 is 0 Å². The first-order valence-corrected chi connectivity index (χ1v) is 12.0. The summed E-state index contributed by atoms with van der Waals surface area (Å²) < 4.78 is 6.53. The Morgan fingerprint density at radius 2 is 1.73 bits per heavy atom. The molecule has 1 aliphatic carbocycles. The van der Waals surface area contributed by atoms with Gasteiger partial charge < -0.3 is 14.5 Å². The van der Waals surface area contributed by atoms with Crippen molar-refractivity contribution in [1.82, 2.24) is 9.80 Å². The van der Waals surface area contributed by atoms with Crippen LogP contribution in [-0.4, -0.2) is 53.4 Å². The van der Waals surface area contributed by atoms with Crippen molar-refractivity contribution in [2.75, 3.05) is 19.6 Å². The van der Waals surface area contributed by atoms with Crippen LogP contribution in [0.5, 0.6) is 5.75 Å². The fourth-order valence-electron chi connectivity index (χ4n) is 4.85. The second kappa shape index (κ2) is 11.4. The molecule has 0 aromatic heterocycles. The van der Waals surface area contributed by atoms with Gasteiger partial charge in [-0.05, 0) is 50.7 Å². The molecule has 3 rings (SSSR count). The lowest BCUT2D eigenvalue weighted by Crippen LogP contribution is -2.51. The van der Waals surface area contributed by atoms with E-state index in [1.54, 1.807) is 0 Å². The molecule has 1 aromatic rings. The number of carbonyl (C=O) groups excluding carboxylic acids is 2. The van der Waals surface area contributed by atoms with Gasteiger partial charge in [0.15, 0.2) is 0 Å². The second-order valence-electron chi connectivity index (χ2n) is 8.65. The molecule has 1 heterocycles. The fourth-order valence-corrected chi connectivity index (χ4v) is 4.85. The average molecular weight is 415 g/mol. The Labute approximate surface area is 181 Å². The number of hydrogen-bond acceptors (Lipinski definition) is 3. The lowest BCUT2D eigenvalue weighted by Gasteiger charge is -2.40. The van der Waals surface area contributed by atoms with E-state index in [0.29, 0.717) is 17.7 Å². The SMILES string of the molecule is CCCN1CCCCCCN(C(=O)CC)[C@@H]2CCCC[C@@H]2Oc2ccccc2C1=O. The third-order valence-corrected chi connectivity index (χ3v) is 6.44. The maximum Gasteiger partial charge on any atom is 0.257 e. The molecule has 2 atom stereocenters. The molecule has 0 radical (unpaired) electrons. The van der Waals surface area contributed by atoms with E-state index in [1.807, 2.05) is 36.1 Å². The van der Waals surface area contributed by atoms with E-state index in [-0.39, 0.29) is 24.0 Å². The number of carbonyl (C=O) groups is 2. The van der Waals surface area contributed by atoms with Gasteiger partial charge in [-0.25, -0.2) is 0 Å². The lowest BCUT2D eigenvalue weighted by molar-refractivity contribution is -0.136. The molecule has 0 spiro atoms. The predicted molar refractivity (Wildman–Crippen MR) is 120 cm³/mol. The molecule has 0 bridgehead atoms. The van der Waals surface area contributed by atoms with Crippen molar-refractivity contribution < 1.29 is 14.3 Å². The van der Waals surface area contributed by atoms with Gasteiger partial charge in [0, 0.05) is 26.1 Å². The summed E-state index contributed by atoms with van der Waals surface area (Å²) in [5, 5.41) is 0. The monoisotopic (exact) mass is 414 g/mol. The van der Waals surface area contributed by atoms with Crippen LogP contribution in [-0.2, 0) is 4.79 Å². The van der Waals surface area contributed by atoms with Crippen LogP contribution in [0, 0.1) is 0 Å². The van der Waals surface area contributed by atoms with Crippen molar-refractivity contribution in [3.63, 3.8) is 0 Å². The molecule has 1 fully saturated rings. The Balaban J connectivity index is 1.93. The largest absolute Gasteiger partial charge is 0.487 e. The molecule has 5 heteroatoms. The summed E-state index contributed by atoms with van der Waals surface area (Å²) in [6.07, 6.45) is 9.79. The van der Waals surface area contributed by atoms with E-state index in [2.05, 4.69) is 11.8 Å². The van der Waals surface area contributed by atoms with Gasteiger partial charge in [-0.3, -0.25) is 9.59 Å². The number of para-hydroxylation sites is 1. The predicted octanol–water partition coefficient (Wildman–Crippen LogP) is 5.04. The Morgan fingerprint density at radius 3 is 2.50 bits per heavy atom. The van der Waals surface area contributed by atoms with Crippen LogP contribution in [0.15, 0.2) is 24.3 Å². The van der Waals surface area contributed by atoms with Crippen LogP contribution in [0.1, 0.15) is 88.4 Å². The van der Waals surface area contributed by atoms with E-state index in [4.69, 9.17) is 4.74 Å². The lowest BCUT2D eigenvalue weighted by atomic mass is 9.90. The molecule has 1 aliphatic heterocycles. The van der Waals surface area contributed by atoms with Crippen molar-refractivity contribution in [3.05, 3.63) is 29.8 Å². The van der Waals surface area contributed by atoms with E-state index in [0.717, 1.165) is 77.4 Å². The molecule has 0 saturated heterocycles. The van der Waals surface area contributed by atoms with Crippen LogP contribution in [0.25, 0.3) is 0 Å². The van der Waals surface area contributed by atoms with E-state index in [9.17, 15) is 9.59 Å². The van der Waals surface area contributed by atoms with Gasteiger partial charge in [0.1, 0.15) is 11.9 Å².